The first kappa shape index (κ1) is 12.7. The van der Waals surface area contributed by atoms with Crippen molar-refractivity contribution in [2.24, 2.45) is 0 Å². The van der Waals surface area contributed by atoms with E-state index in [1.807, 2.05) is 12.3 Å². The minimum Gasteiger partial charge on any atom is -0.324 e. The predicted molar refractivity (Wildman–Crippen MR) is 94.3 cm³/mol. The van der Waals surface area contributed by atoms with Gasteiger partial charge in [0.25, 0.3) is 0 Å². The van der Waals surface area contributed by atoms with Gasteiger partial charge in [0.1, 0.15) is 5.82 Å². The van der Waals surface area contributed by atoms with Crippen LogP contribution in [0.5, 0.6) is 0 Å². The van der Waals surface area contributed by atoms with Gasteiger partial charge in [-0.1, -0.05) is 66.7 Å². The zero-order valence-corrected chi connectivity index (χ0v) is 12.7. The van der Waals surface area contributed by atoms with Gasteiger partial charge in [0.2, 0.25) is 0 Å². The number of fused-ring (bicyclic) bond motifs is 5. The third kappa shape index (κ3) is 1.85. The third-order valence-corrected chi connectivity index (χ3v) is 4.76. The summed E-state index contributed by atoms with van der Waals surface area (Å²) in [4.78, 5) is 4.74. The molecule has 0 N–H and O–H groups in total. The molecular weight excluding hydrogens is 280 g/mol. The van der Waals surface area contributed by atoms with Crippen molar-refractivity contribution >= 4 is 10.8 Å². The fourth-order valence-electron chi connectivity index (χ4n) is 3.68. The largest absolute Gasteiger partial charge is 0.324 e. The Balaban J connectivity index is 1.79. The van der Waals surface area contributed by atoms with Gasteiger partial charge >= 0.3 is 0 Å². The molecule has 0 saturated carbocycles. The van der Waals surface area contributed by atoms with Gasteiger partial charge < -0.3 is 4.57 Å². The van der Waals surface area contributed by atoms with E-state index in [9.17, 15) is 0 Å². The van der Waals surface area contributed by atoms with Gasteiger partial charge in [-0.3, -0.25) is 0 Å². The standard InChI is InChI=1S/C21H16N2/c1-2-7-17(8-3-1)21-22-14-19-20-16(12-13-23(19)21)11-10-15-6-4-5-9-18(15)20/h1-11,14H,12-13H2. The summed E-state index contributed by atoms with van der Waals surface area (Å²) in [5.41, 5.74) is 5.20. The molecule has 0 spiro atoms. The normalized spacial score (nSPS) is 12.9. The first-order valence-corrected chi connectivity index (χ1v) is 8.04. The summed E-state index contributed by atoms with van der Waals surface area (Å²) < 4.78 is 2.37. The number of hydrogen-bond acceptors (Lipinski definition) is 1. The summed E-state index contributed by atoms with van der Waals surface area (Å²) in [6, 6.07) is 23.6. The molecule has 0 amide bonds. The first-order chi connectivity index (χ1) is 11.4. The zero-order chi connectivity index (χ0) is 15.2. The van der Waals surface area contributed by atoms with Crippen molar-refractivity contribution in [3.8, 4) is 22.6 Å². The number of hydrogen-bond donors (Lipinski definition) is 0. The maximum absolute atomic E-state index is 4.74. The van der Waals surface area contributed by atoms with E-state index >= 15 is 0 Å². The van der Waals surface area contributed by atoms with E-state index in [-0.39, 0.29) is 0 Å². The Bertz CT molecular complexity index is 1010. The lowest BCUT2D eigenvalue weighted by molar-refractivity contribution is 0.693. The lowest BCUT2D eigenvalue weighted by Gasteiger charge is -2.22. The fraction of sp³-hybridized carbons (Fsp3) is 0.0952. The minimum atomic E-state index is 0.991. The van der Waals surface area contributed by atoms with E-state index in [2.05, 4.69) is 65.2 Å². The Morgan fingerprint density at radius 2 is 1.65 bits per heavy atom. The molecule has 2 nitrogen and oxygen atoms in total. The number of rotatable bonds is 1. The Hall–Kier alpha value is -2.87. The van der Waals surface area contributed by atoms with Gasteiger partial charge in [0, 0.05) is 17.7 Å². The van der Waals surface area contributed by atoms with Crippen molar-refractivity contribution in [2.75, 3.05) is 0 Å². The summed E-state index contributed by atoms with van der Waals surface area (Å²) in [7, 11) is 0. The monoisotopic (exact) mass is 296 g/mol. The molecule has 0 fully saturated rings. The molecule has 5 rings (SSSR count). The molecule has 0 aliphatic carbocycles. The van der Waals surface area contributed by atoms with Gasteiger partial charge in [-0.15, -0.1) is 0 Å². The Labute approximate surface area is 135 Å². The first-order valence-electron chi connectivity index (χ1n) is 8.04. The summed E-state index contributed by atoms with van der Waals surface area (Å²) >= 11 is 0. The summed E-state index contributed by atoms with van der Waals surface area (Å²) in [6.07, 6.45) is 3.09. The van der Waals surface area contributed by atoms with Crippen LogP contribution >= 0.6 is 0 Å². The van der Waals surface area contributed by atoms with Crippen LogP contribution < -0.4 is 0 Å². The van der Waals surface area contributed by atoms with Crippen molar-refractivity contribution < 1.29 is 0 Å². The van der Waals surface area contributed by atoms with Crippen LogP contribution in [-0.2, 0) is 13.0 Å². The van der Waals surface area contributed by atoms with Crippen LogP contribution in [0.25, 0.3) is 33.4 Å². The molecular formula is C21H16N2. The molecule has 1 aromatic heterocycles. The Kier molecular flexibility index (Phi) is 2.65. The summed E-state index contributed by atoms with van der Waals surface area (Å²) in [5.74, 6) is 1.07. The molecule has 4 aromatic rings. The van der Waals surface area contributed by atoms with Gasteiger partial charge in [0.05, 0.1) is 11.9 Å². The van der Waals surface area contributed by atoms with E-state index in [0.29, 0.717) is 0 Å². The van der Waals surface area contributed by atoms with Crippen molar-refractivity contribution in [1.29, 1.82) is 0 Å². The van der Waals surface area contributed by atoms with Crippen LogP contribution in [0.3, 0.4) is 0 Å². The third-order valence-electron chi connectivity index (χ3n) is 4.76. The second-order valence-corrected chi connectivity index (χ2v) is 6.06. The number of imidazole rings is 1. The average Bonchev–Trinajstić information content (AvgIpc) is 3.06. The van der Waals surface area contributed by atoms with Crippen molar-refractivity contribution in [1.82, 2.24) is 9.55 Å². The second-order valence-electron chi connectivity index (χ2n) is 6.06. The molecule has 110 valence electrons. The zero-order valence-electron chi connectivity index (χ0n) is 12.7. The topological polar surface area (TPSA) is 17.8 Å². The highest BCUT2D eigenvalue weighted by atomic mass is 15.1. The van der Waals surface area contributed by atoms with E-state index in [0.717, 1.165) is 18.8 Å². The van der Waals surface area contributed by atoms with Crippen molar-refractivity contribution in [2.45, 2.75) is 13.0 Å². The SMILES string of the molecule is c1ccc(-c2ncc3n2CCc2ccc4ccccc4c2-3)cc1. The number of aromatic nitrogens is 2. The van der Waals surface area contributed by atoms with Gasteiger partial charge in [-0.05, 0) is 22.8 Å². The molecule has 23 heavy (non-hydrogen) atoms. The lowest BCUT2D eigenvalue weighted by Crippen LogP contribution is -2.12. The van der Waals surface area contributed by atoms with Crippen LogP contribution in [0.15, 0.2) is 72.9 Å². The van der Waals surface area contributed by atoms with Gasteiger partial charge in [0.15, 0.2) is 0 Å². The molecule has 1 aliphatic heterocycles. The van der Waals surface area contributed by atoms with E-state index in [4.69, 9.17) is 4.98 Å². The highest BCUT2D eigenvalue weighted by molar-refractivity contribution is 5.98. The maximum Gasteiger partial charge on any atom is 0.140 e. The molecule has 0 bridgehead atoms. The van der Waals surface area contributed by atoms with E-state index in [1.54, 1.807) is 0 Å². The van der Waals surface area contributed by atoms with Crippen LogP contribution in [0.2, 0.25) is 0 Å². The number of benzene rings is 3. The number of nitrogens with zero attached hydrogens (tertiary/aromatic N) is 2. The molecule has 0 atom stereocenters. The summed E-state index contributed by atoms with van der Waals surface area (Å²) in [6.45, 7) is 0.991. The molecule has 0 saturated heterocycles. The molecule has 0 unspecified atom stereocenters. The van der Waals surface area contributed by atoms with Gasteiger partial charge in [-0.25, -0.2) is 4.98 Å². The summed E-state index contributed by atoms with van der Waals surface area (Å²) in [5, 5.41) is 2.62. The molecule has 0 radical (unpaired) electrons. The molecule has 3 aromatic carbocycles. The minimum absolute atomic E-state index is 0.991. The highest BCUT2D eigenvalue weighted by Crippen LogP contribution is 2.38. The highest BCUT2D eigenvalue weighted by Gasteiger charge is 2.21. The van der Waals surface area contributed by atoms with Crippen LogP contribution in [0.4, 0.5) is 0 Å². The van der Waals surface area contributed by atoms with Crippen molar-refractivity contribution in [3.63, 3.8) is 0 Å². The van der Waals surface area contributed by atoms with Crippen LogP contribution in [-0.4, -0.2) is 9.55 Å². The average molecular weight is 296 g/mol. The Morgan fingerprint density at radius 3 is 2.57 bits per heavy atom. The quantitative estimate of drug-likeness (QED) is 0.487. The predicted octanol–water partition coefficient (Wildman–Crippen LogP) is 4.93. The molecule has 1 aliphatic rings. The maximum atomic E-state index is 4.74. The van der Waals surface area contributed by atoms with Gasteiger partial charge in [-0.2, -0.15) is 0 Å². The van der Waals surface area contributed by atoms with E-state index < -0.39 is 0 Å². The van der Waals surface area contributed by atoms with Crippen LogP contribution in [0.1, 0.15) is 5.56 Å². The lowest BCUT2D eigenvalue weighted by atomic mass is 9.93. The smallest absolute Gasteiger partial charge is 0.140 e. The molecule has 2 heteroatoms. The fourth-order valence-corrected chi connectivity index (χ4v) is 3.68. The van der Waals surface area contributed by atoms with Crippen molar-refractivity contribution in [3.05, 3.63) is 78.5 Å². The molecule has 2 heterocycles. The van der Waals surface area contributed by atoms with E-state index in [1.165, 1.54) is 33.2 Å². The number of aryl methyl sites for hydroxylation is 1. The Morgan fingerprint density at radius 1 is 0.826 bits per heavy atom. The van der Waals surface area contributed by atoms with Crippen LogP contribution in [0, 0.1) is 0 Å². The second kappa shape index (κ2) is 4.82.